The predicted octanol–water partition coefficient (Wildman–Crippen LogP) is 2.24. The van der Waals surface area contributed by atoms with E-state index >= 15 is 0 Å². The van der Waals surface area contributed by atoms with Gasteiger partial charge in [0.2, 0.25) is 29.3 Å². The van der Waals surface area contributed by atoms with Gasteiger partial charge in [-0.05, 0) is 56.5 Å². The fourth-order valence-corrected chi connectivity index (χ4v) is 9.96. The number of hydrogen-bond acceptors (Lipinski definition) is 13. The van der Waals surface area contributed by atoms with Crippen LogP contribution in [0.15, 0.2) is 83.8 Å². The summed E-state index contributed by atoms with van der Waals surface area (Å²) in [6.07, 6.45) is -17.0. The summed E-state index contributed by atoms with van der Waals surface area (Å²) in [5, 5.41) is 84.8. The van der Waals surface area contributed by atoms with Gasteiger partial charge >= 0.3 is 12.1 Å². The van der Waals surface area contributed by atoms with Crippen molar-refractivity contribution in [2.75, 3.05) is 64.2 Å². The Labute approximate surface area is 426 Å². The van der Waals surface area contributed by atoms with Gasteiger partial charge in [0.25, 0.3) is 0 Å². The molecule has 4 heterocycles. The van der Waals surface area contributed by atoms with Crippen LogP contribution in [0.25, 0.3) is 0 Å². The number of piperidine rings is 4. The fourth-order valence-electron chi connectivity index (χ4n) is 8.47. The lowest BCUT2D eigenvalue weighted by molar-refractivity contribution is -0.107. The highest BCUT2D eigenvalue weighted by Gasteiger charge is 2.45. The van der Waals surface area contributed by atoms with Gasteiger partial charge in [-0.3, -0.25) is 0 Å². The fraction of sp³-hybridized carbons (Fsp3) is 0.592. The normalized spacial score (nSPS) is 28.5. The van der Waals surface area contributed by atoms with E-state index in [0.717, 1.165) is 39.1 Å². The van der Waals surface area contributed by atoms with Crippen LogP contribution in [0.2, 0.25) is 0 Å². The Hall–Kier alpha value is -4.67. The molecule has 3 aromatic carbocycles. The quantitative estimate of drug-likeness (QED) is 0.130. The van der Waals surface area contributed by atoms with Crippen molar-refractivity contribution in [1.82, 2.24) is 24.7 Å². The number of halogens is 6. The molecule has 4 saturated heterocycles. The number of carbonyl (C=O) groups is 2. The first kappa shape index (κ1) is 61.9. The van der Waals surface area contributed by atoms with Gasteiger partial charge in [0, 0.05) is 57.4 Å². The minimum absolute atomic E-state index is 0.0234. The summed E-state index contributed by atoms with van der Waals surface area (Å²) in [4.78, 5) is 25.7. The number of nitrogens with zero attached hydrogens (tertiary/aromatic N) is 3. The second-order valence-electron chi connectivity index (χ2n) is 18.8. The number of carbonyl (C=O) groups excluding carboxylic acids is 2. The van der Waals surface area contributed by atoms with Crippen molar-refractivity contribution in [3.05, 3.63) is 95.6 Å². The van der Waals surface area contributed by atoms with Crippen LogP contribution >= 0.6 is 0 Å². The Kier molecular flexibility index (Phi) is 24.3. The van der Waals surface area contributed by atoms with Crippen LogP contribution in [-0.2, 0) is 16.4 Å². The third-order valence-electron chi connectivity index (χ3n) is 13.0. The number of β-amino-alcohol motifs (C(OH)–C–C–N with tert-alkyl or cyclic N) is 4. The lowest BCUT2D eigenvalue weighted by Gasteiger charge is -2.38. The topological polar surface area (TPSA) is 276 Å². The summed E-state index contributed by atoms with van der Waals surface area (Å²) >= 11 is 0. The number of sulfonamides is 1. The van der Waals surface area contributed by atoms with Crippen LogP contribution in [0.1, 0.15) is 30.0 Å². The molecule has 0 aromatic heterocycles. The number of anilines is 1. The number of nitrogens with one attached hydrogen (secondary N) is 3. The Morgan fingerprint density at radius 1 is 0.595 bits per heavy atom. The molecule has 11 N–H and O–H groups in total. The van der Waals surface area contributed by atoms with E-state index in [0.29, 0.717) is 18.8 Å². The number of benzene rings is 3. The molecular weight excluding hydrogens is 1010 g/mol. The zero-order valence-electron chi connectivity index (χ0n) is 41.2. The van der Waals surface area contributed by atoms with Gasteiger partial charge in [0.1, 0.15) is 0 Å². The summed E-state index contributed by atoms with van der Waals surface area (Å²) in [6, 6.07) is 21.8. The van der Waals surface area contributed by atoms with Gasteiger partial charge in [-0.1, -0.05) is 72.6 Å². The molecule has 0 unspecified atom stereocenters. The SMILES string of the molecule is CCCNC(=O)N1C[C@@H](O)[C@H](O)[C@@H](C(F)F)C1.Cc1ccc(C[C@H]2CNC[C@@H](O)[C@@H]2O)cc1.Cc1ccc(S(=O)(=O)N2C[C@@H](O)[C@H](O)[C@@H](C(F)F)C2)cc1.O=C(Nc1ccccc1)N1C[C@@H](O)[C@H](O)[C@@H](C(F)F)C1. The number of amides is 4. The third-order valence-corrected chi connectivity index (χ3v) is 14.8. The predicted molar refractivity (Wildman–Crippen MR) is 260 cm³/mol. The molecule has 4 aliphatic rings. The maximum absolute atomic E-state index is 12.9. The molecular formula is C49H70F6N6O12S. The van der Waals surface area contributed by atoms with Crippen molar-refractivity contribution in [3.8, 4) is 0 Å². The number of para-hydroxylation sites is 1. The first-order valence-electron chi connectivity index (χ1n) is 24.1. The van der Waals surface area contributed by atoms with Gasteiger partial charge in [-0.15, -0.1) is 0 Å². The van der Waals surface area contributed by atoms with Gasteiger partial charge in [-0.2, -0.15) is 4.31 Å². The van der Waals surface area contributed by atoms with Crippen LogP contribution in [0, 0.1) is 37.5 Å². The zero-order chi connectivity index (χ0) is 55.0. The monoisotopic (exact) mass is 1080 g/mol. The van der Waals surface area contributed by atoms with E-state index in [9.17, 15) is 85.2 Å². The van der Waals surface area contributed by atoms with E-state index in [1.54, 1.807) is 49.4 Å². The maximum atomic E-state index is 12.9. The van der Waals surface area contributed by atoms with E-state index in [2.05, 4.69) is 47.1 Å². The van der Waals surface area contributed by atoms with Crippen molar-refractivity contribution in [1.29, 1.82) is 0 Å². The molecule has 7 rings (SSSR count). The van der Waals surface area contributed by atoms with Crippen molar-refractivity contribution >= 4 is 27.8 Å². The van der Waals surface area contributed by atoms with Crippen LogP contribution in [0.3, 0.4) is 0 Å². The van der Waals surface area contributed by atoms with Gasteiger partial charge in [0.05, 0.1) is 84.6 Å². The molecule has 4 fully saturated rings. The highest BCUT2D eigenvalue weighted by Crippen LogP contribution is 2.29. The molecule has 0 bridgehead atoms. The van der Waals surface area contributed by atoms with E-state index in [1.165, 1.54) is 23.3 Å². The van der Waals surface area contributed by atoms with Gasteiger partial charge < -0.3 is 66.6 Å². The maximum Gasteiger partial charge on any atom is 0.321 e. The minimum atomic E-state index is -3.97. The van der Waals surface area contributed by atoms with Crippen molar-refractivity contribution < 1.29 is 85.2 Å². The van der Waals surface area contributed by atoms with E-state index < -0.39 is 121 Å². The van der Waals surface area contributed by atoms with E-state index in [4.69, 9.17) is 0 Å². The van der Waals surface area contributed by atoms with Crippen LogP contribution in [-0.4, -0.2) is 202 Å². The molecule has 18 nitrogen and oxygen atoms in total. The highest BCUT2D eigenvalue weighted by atomic mass is 32.2. The molecule has 25 heteroatoms. The van der Waals surface area contributed by atoms with E-state index in [-0.39, 0.29) is 37.0 Å². The smallest absolute Gasteiger partial charge is 0.321 e. The molecule has 4 amide bonds. The lowest BCUT2D eigenvalue weighted by Crippen LogP contribution is -2.58. The zero-order valence-corrected chi connectivity index (χ0v) is 42.0. The summed E-state index contributed by atoms with van der Waals surface area (Å²) in [5.41, 5.74) is 3.86. The average molecular weight is 1080 g/mol. The molecule has 0 aliphatic carbocycles. The van der Waals surface area contributed by atoms with Crippen LogP contribution in [0.5, 0.6) is 0 Å². The number of rotatable bonds is 10. The summed E-state index contributed by atoms with van der Waals surface area (Å²) in [6.45, 7) is 5.67. The Bertz CT molecular complexity index is 2270. The number of aliphatic hydroxyl groups excluding tert-OH is 8. The molecule has 74 heavy (non-hydrogen) atoms. The number of hydrogen-bond donors (Lipinski definition) is 11. The van der Waals surface area contributed by atoms with Crippen molar-refractivity contribution in [2.24, 2.45) is 23.7 Å². The summed E-state index contributed by atoms with van der Waals surface area (Å²) in [7, 11) is -3.97. The van der Waals surface area contributed by atoms with Gasteiger partial charge in [-0.25, -0.2) is 44.3 Å². The van der Waals surface area contributed by atoms with Crippen LogP contribution < -0.4 is 16.0 Å². The number of aliphatic hydroxyl groups is 8. The number of likely N-dealkylation sites (tertiary alicyclic amines) is 2. The second-order valence-corrected chi connectivity index (χ2v) is 20.7. The highest BCUT2D eigenvalue weighted by molar-refractivity contribution is 7.89. The first-order chi connectivity index (χ1) is 34.8. The Balaban J connectivity index is 0.000000215. The number of urea groups is 2. The Morgan fingerprint density at radius 3 is 1.54 bits per heavy atom. The molecule has 0 spiro atoms. The summed E-state index contributed by atoms with van der Waals surface area (Å²) < 4.78 is 102. The van der Waals surface area contributed by atoms with Crippen molar-refractivity contribution in [3.63, 3.8) is 0 Å². The summed E-state index contributed by atoms with van der Waals surface area (Å²) in [5.74, 6) is -4.34. The lowest BCUT2D eigenvalue weighted by atomic mass is 9.88. The standard InChI is InChI=1S/C13H16F2N2O3.C13H17F2NO4S.C13H19NO2.C10H18F2N2O3/c14-12(15)9-6-17(7-10(18)11(9)19)13(20)16-8-4-2-1-3-5-8;1-8-2-4-9(5-3-8)21(19,20)16-6-10(13(14)15)12(18)11(17)7-16;1-9-2-4-10(5-3-9)6-11-7-14-8-12(15)13(11)16;1-2-3-13-10(17)14-4-6(9(11)12)8(16)7(15)5-14/h1-5,9-12,18-19H,6-7H2,(H,16,20);2-5,10-13,17-18H,6-7H2,1H3;2-5,11-16H,6-8H2,1H3;6-9,15-16H,2-5H2,1H3,(H,13,17)/t9-,10+,11+;10-,11+,12+;11-,12+,13+;6-,7+,8+/m0000/s1. The molecule has 4 aliphatic heterocycles. The Morgan fingerprint density at radius 2 is 1.05 bits per heavy atom. The number of aryl methyl sites for hydroxylation is 2. The molecule has 12 atom stereocenters. The molecule has 0 saturated carbocycles. The number of alkyl halides is 6. The average Bonchev–Trinajstić information content (AvgIpc) is 3.36. The van der Waals surface area contributed by atoms with Crippen LogP contribution in [0.4, 0.5) is 41.6 Å². The molecule has 0 radical (unpaired) electrons. The van der Waals surface area contributed by atoms with E-state index in [1.807, 2.05) is 6.92 Å². The first-order valence-corrected chi connectivity index (χ1v) is 25.6. The largest absolute Gasteiger partial charge is 0.390 e. The van der Waals surface area contributed by atoms with Crippen molar-refractivity contribution in [2.45, 2.75) is 107 Å². The minimum Gasteiger partial charge on any atom is -0.390 e. The van der Waals surface area contributed by atoms with Gasteiger partial charge in [0.15, 0.2) is 0 Å². The second kappa shape index (κ2) is 29.0. The molecule has 3 aromatic rings. The third kappa shape index (κ3) is 17.7. The molecule has 416 valence electrons.